The van der Waals surface area contributed by atoms with E-state index in [-0.39, 0.29) is 5.91 Å². The summed E-state index contributed by atoms with van der Waals surface area (Å²) in [5, 5.41) is 4.36. The van der Waals surface area contributed by atoms with E-state index in [9.17, 15) is 4.79 Å². The van der Waals surface area contributed by atoms with Gasteiger partial charge in [0.05, 0.1) is 13.7 Å². The van der Waals surface area contributed by atoms with E-state index in [4.69, 9.17) is 32.7 Å². The zero-order chi connectivity index (χ0) is 24.6. The molecule has 0 atom stereocenters. The van der Waals surface area contributed by atoms with Crippen LogP contribution < -0.4 is 14.8 Å². The second-order valence-electron chi connectivity index (χ2n) is 9.68. The van der Waals surface area contributed by atoms with Crippen LogP contribution >= 0.6 is 23.2 Å². The van der Waals surface area contributed by atoms with E-state index in [0.29, 0.717) is 52.6 Å². The number of halogens is 2. The van der Waals surface area contributed by atoms with Gasteiger partial charge in [0, 0.05) is 34.6 Å². The van der Waals surface area contributed by atoms with E-state index >= 15 is 0 Å². The van der Waals surface area contributed by atoms with Crippen LogP contribution in [0.5, 0.6) is 11.5 Å². The van der Waals surface area contributed by atoms with Crippen LogP contribution in [-0.4, -0.2) is 50.2 Å². The summed E-state index contributed by atoms with van der Waals surface area (Å²) in [6, 6.07) is 11.5. The van der Waals surface area contributed by atoms with Gasteiger partial charge in [0.1, 0.15) is 0 Å². The van der Waals surface area contributed by atoms with Crippen molar-refractivity contribution in [2.24, 2.45) is 5.92 Å². The van der Waals surface area contributed by atoms with Gasteiger partial charge in [-0.25, -0.2) is 0 Å². The molecular weight excluding hydrogens is 483 g/mol. The number of hydrogen-bond donors (Lipinski definition) is 1. The summed E-state index contributed by atoms with van der Waals surface area (Å²) in [5.41, 5.74) is 1.53. The molecule has 2 aromatic rings. The first-order valence-electron chi connectivity index (χ1n) is 12.8. The molecule has 0 bridgehead atoms. The Kier molecular flexibility index (Phi) is 9.59. The topological polar surface area (TPSA) is 50.8 Å². The first kappa shape index (κ1) is 26.1. The molecule has 1 amide bonds. The molecule has 0 unspecified atom stereocenters. The Labute approximate surface area is 219 Å². The van der Waals surface area contributed by atoms with Crippen molar-refractivity contribution < 1.29 is 14.3 Å². The number of ether oxygens (including phenoxy) is 2. The predicted octanol–water partition coefficient (Wildman–Crippen LogP) is 6.40. The van der Waals surface area contributed by atoms with Crippen LogP contribution in [0.25, 0.3) is 0 Å². The number of nitrogens with one attached hydrogen (secondary N) is 1. The van der Waals surface area contributed by atoms with E-state index in [1.807, 2.05) is 12.1 Å². The van der Waals surface area contributed by atoms with Gasteiger partial charge < -0.3 is 19.7 Å². The SMILES string of the molecule is COc1ccc(C(=O)NCC2CCN(C3CCCCC3)CC2)cc1OCCc1ccc(Cl)cc1Cl. The fourth-order valence-corrected chi connectivity index (χ4v) is 5.74. The minimum atomic E-state index is -0.0760. The maximum Gasteiger partial charge on any atom is 0.251 e. The van der Waals surface area contributed by atoms with Gasteiger partial charge >= 0.3 is 0 Å². The van der Waals surface area contributed by atoms with Gasteiger partial charge in [-0.05, 0) is 80.6 Å². The number of carbonyl (C=O) groups is 1. The molecule has 7 heteroatoms. The van der Waals surface area contributed by atoms with E-state index < -0.39 is 0 Å². The molecule has 1 aliphatic heterocycles. The molecule has 2 fully saturated rings. The Morgan fingerprint density at radius 2 is 1.77 bits per heavy atom. The average molecular weight is 520 g/mol. The molecule has 1 aliphatic carbocycles. The third-order valence-electron chi connectivity index (χ3n) is 7.36. The van der Waals surface area contributed by atoms with Crippen LogP contribution in [-0.2, 0) is 6.42 Å². The van der Waals surface area contributed by atoms with Crippen molar-refractivity contribution in [3.8, 4) is 11.5 Å². The van der Waals surface area contributed by atoms with Crippen molar-refractivity contribution in [3.05, 3.63) is 57.6 Å². The van der Waals surface area contributed by atoms with Crippen molar-refractivity contribution in [3.63, 3.8) is 0 Å². The van der Waals surface area contributed by atoms with Crippen LogP contribution in [0, 0.1) is 5.92 Å². The van der Waals surface area contributed by atoms with E-state index in [2.05, 4.69) is 10.2 Å². The van der Waals surface area contributed by atoms with Gasteiger partial charge in [0.2, 0.25) is 0 Å². The lowest BCUT2D eigenvalue weighted by Crippen LogP contribution is -2.44. The first-order chi connectivity index (χ1) is 17.0. The lowest BCUT2D eigenvalue weighted by atomic mass is 9.90. The summed E-state index contributed by atoms with van der Waals surface area (Å²) in [7, 11) is 1.59. The fraction of sp³-hybridized carbons (Fsp3) is 0.536. The summed E-state index contributed by atoms with van der Waals surface area (Å²) in [4.78, 5) is 15.6. The van der Waals surface area contributed by atoms with Gasteiger partial charge in [0.15, 0.2) is 11.5 Å². The van der Waals surface area contributed by atoms with Crippen LogP contribution in [0.4, 0.5) is 0 Å². The predicted molar refractivity (Wildman–Crippen MR) is 142 cm³/mol. The molecule has 0 radical (unpaired) electrons. The highest BCUT2D eigenvalue weighted by molar-refractivity contribution is 6.35. The highest BCUT2D eigenvalue weighted by atomic mass is 35.5. The molecule has 0 spiro atoms. The van der Waals surface area contributed by atoms with Crippen LogP contribution in [0.1, 0.15) is 60.9 Å². The number of amides is 1. The maximum atomic E-state index is 12.9. The third kappa shape index (κ3) is 7.28. The number of methoxy groups -OCH3 is 1. The molecule has 0 aromatic heterocycles. The zero-order valence-electron chi connectivity index (χ0n) is 20.5. The van der Waals surface area contributed by atoms with Crippen LogP contribution in [0.3, 0.4) is 0 Å². The maximum absolute atomic E-state index is 12.9. The minimum Gasteiger partial charge on any atom is -0.493 e. The summed E-state index contributed by atoms with van der Waals surface area (Å²) in [6.45, 7) is 3.43. The fourth-order valence-electron chi connectivity index (χ4n) is 5.23. The molecule has 2 aromatic carbocycles. The second-order valence-corrected chi connectivity index (χ2v) is 10.5. The Balaban J connectivity index is 1.26. The van der Waals surface area contributed by atoms with E-state index in [1.54, 1.807) is 31.4 Å². The lowest BCUT2D eigenvalue weighted by Gasteiger charge is -2.39. The van der Waals surface area contributed by atoms with Gasteiger partial charge in [-0.3, -0.25) is 4.79 Å². The quantitative estimate of drug-likeness (QED) is 0.417. The first-order valence-corrected chi connectivity index (χ1v) is 13.6. The summed E-state index contributed by atoms with van der Waals surface area (Å²) < 4.78 is 11.4. The highest BCUT2D eigenvalue weighted by Gasteiger charge is 2.26. The molecule has 4 rings (SSSR count). The summed E-state index contributed by atoms with van der Waals surface area (Å²) in [5.74, 6) is 1.61. The molecule has 190 valence electrons. The monoisotopic (exact) mass is 518 g/mol. The van der Waals surface area contributed by atoms with Crippen molar-refractivity contribution in [2.75, 3.05) is 33.4 Å². The van der Waals surface area contributed by atoms with Crippen molar-refractivity contribution in [1.29, 1.82) is 0 Å². The molecule has 2 aliphatic rings. The molecule has 1 heterocycles. The second kappa shape index (κ2) is 12.8. The molecule has 1 saturated heterocycles. The van der Waals surface area contributed by atoms with E-state index in [1.165, 1.54) is 32.1 Å². The lowest BCUT2D eigenvalue weighted by molar-refractivity contribution is 0.0899. The Morgan fingerprint density at radius 1 is 1.00 bits per heavy atom. The Bertz CT molecular complexity index is 986. The third-order valence-corrected chi connectivity index (χ3v) is 7.95. The number of piperidine rings is 1. The van der Waals surface area contributed by atoms with Crippen LogP contribution in [0.2, 0.25) is 10.0 Å². The van der Waals surface area contributed by atoms with Gasteiger partial charge in [-0.15, -0.1) is 0 Å². The standard InChI is InChI=1S/C28H36Cl2N2O3/c1-34-26-10-8-22(17-27(26)35-16-13-21-7-9-23(29)18-25(21)30)28(33)31-19-20-11-14-32(15-12-20)24-5-3-2-4-6-24/h7-10,17-18,20,24H,2-6,11-16,19H2,1H3,(H,31,33). The summed E-state index contributed by atoms with van der Waals surface area (Å²) in [6.07, 6.45) is 9.79. The normalized spacial score (nSPS) is 17.8. The van der Waals surface area contributed by atoms with Crippen molar-refractivity contribution in [2.45, 2.75) is 57.4 Å². The number of carbonyl (C=O) groups excluding carboxylic acids is 1. The van der Waals surface area contributed by atoms with Crippen molar-refractivity contribution >= 4 is 29.1 Å². The van der Waals surface area contributed by atoms with Gasteiger partial charge in [0.25, 0.3) is 5.91 Å². The smallest absolute Gasteiger partial charge is 0.251 e. The molecule has 35 heavy (non-hydrogen) atoms. The largest absolute Gasteiger partial charge is 0.493 e. The zero-order valence-corrected chi connectivity index (χ0v) is 22.0. The highest BCUT2D eigenvalue weighted by Crippen LogP contribution is 2.30. The average Bonchev–Trinajstić information content (AvgIpc) is 2.89. The molecular formula is C28H36Cl2N2O3. The van der Waals surface area contributed by atoms with Crippen molar-refractivity contribution in [1.82, 2.24) is 10.2 Å². The molecule has 1 N–H and O–H groups in total. The van der Waals surface area contributed by atoms with E-state index in [0.717, 1.165) is 37.5 Å². The summed E-state index contributed by atoms with van der Waals surface area (Å²) >= 11 is 12.2. The van der Waals surface area contributed by atoms with Crippen LogP contribution in [0.15, 0.2) is 36.4 Å². The molecule has 1 saturated carbocycles. The number of likely N-dealkylation sites (tertiary alicyclic amines) is 1. The number of benzene rings is 2. The number of rotatable bonds is 9. The van der Waals surface area contributed by atoms with Gasteiger partial charge in [-0.2, -0.15) is 0 Å². The Hall–Kier alpha value is -1.95. The Morgan fingerprint density at radius 3 is 2.49 bits per heavy atom. The van der Waals surface area contributed by atoms with Gasteiger partial charge in [-0.1, -0.05) is 48.5 Å². The number of nitrogens with zero attached hydrogens (tertiary/aromatic N) is 1. The molecule has 5 nitrogen and oxygen atoms in total. The number of hydrogen-bond acceptors (Lipinski definition) is 4. The minimum absolute atomic E-state index is 0.0760.